The average Bonchev–Trinajstić information content (AvgIpc) is 3.18. The highest BCUT2D eigenvalue weighted by Crippen LogP contribution is 2.45. The van der Waals surface area contributed by atoms with Crippen LogP contribution in [-0.4, -0.2) is 96.7 Å². The van der Waals surface area contributed by atoms with Gasteiger partial charge in [-0.3, -0.25) is 37.3 Å². The molecule has 0 aromatic rings. The second-order valence-electron chi connectivity index (χ2n) is 27.6. The summed E-state index contributed by atoms with van der Waals surface area (Å²) >= 11 is 0. The highest BCUT2D eigenvalue weighted by atomic mass is 31.2. The number of esters is 4. The molecule has 5 atom stereocenters. The van der Waals surface area contributed by atoms with Crippen LogP contribution in [0.2, 0.25) is 0 Å². The first kappa shape index (κ1) is 91.1. The van der Waals surface area contributed by atoms with E-state index in [0.29, 0.717) is 25.7 Å². The van der Waals surface area contributed by atoms with Gasteiger partial charge < -0.3 is 33.8 Å². The molecule has 93 heavy (non-hydrogen) atoms. The quantitative estimate of drug-likeness (QED) is 0.0222. The number of phosphoric acid groups is 2. The molecule has 0 aromatic carbocycles. The zero-order valence-electron chi connectivity index (χ0n) is 60.6. The third kappa shape index (κ3) is 68.4. The van der Waals surface area contributed by atoms with E-state index in [2.05, 4.69) is 41.5 Å². The number of aliphatic hydroxyl groups is 1. The fraction of sp³-hybridized carbons (Fsp3) is 0.946. The summed E-state index contributed by atoms with van der Waals surface area (Å²) in [6.45, 7) is 9.54. The minimum atomic E-state index is -4.96. The van der Waals surface area contributed by atoms with Crippen LogP contribution in [0.3, 0.4) is 0 Å². The monoisotopic (exact) mass is 1370 g/mol. The van der Waals surface area contributed by atoms with Crippen LogP contribution in [0.5, 0.6) is 0 Å². The van der Waals surface area contributed by atoms with Gasteiger partial charge in [-0.1, -0.05) is 330 Å². The Morgan fingerprint density at radius 1 is 0.290 bits per heavy atom. The second-order valence-corrected chi connectivity index (χ2v) is 30.5. The van der Waals surface area contributed by atoms with E-state index in [4.69, 9.17) is 37.0 Å². The first-order chi connectivity index (χ1) is 44.9. The summed E-state index contributed by atoms with van der Waals surface area (Å²) < 4.78 is 68.4. The molecule has 19 heteroatoms. The van der Waals surface area contributed by atoms with E-state index in [1.807, 2.05) is 0 Å². The predicted octanol–water partition coefficient (Wildman–Crippen LogP) is 21.6. The lowest BCUT2D eigenvalue weighted by atomic mass is 10.0. The van der Waals surface area contributed by atoms with Crippen LogP contribution in [-0.2, 0) is 65.4 Å². The molecule has 0 bridgehead atoms. The highest BCUT2D eigenvalue weighted by molar-refractivity contribution is 7.47. The second kappa shape index (κ2) is 66.0. The minimum absolute atomic E-state index is 0.105. The molecule has 0 heterocycles. The van der Waals surface area contributed by atoms with Gasteiger partial charge in [0.05, 0.1) is 26.4 Å². The summed E-state index contributed by atoms with van der Waals surface area (Å²) in [6.07, 6.45) is 52.8. The lowest BCUT2D eigenvalue weighted by Gasteiger charge is -2.21. The number of aliphatic hydroxyl groups excluding tert-OH is 1. The Bertz CT molecular complexity index is 1800. The summed E-state index contributed by atoms with van der Waals surface area (Å²) in [7, 11) is -9.90. The standard InChI is InChI=1S/C74H144O17P2/c1-7-9-11-13-15-17-18-19-20-21-22-25-29-33-40-46-52-58-73(78)90-69(63-85-72(77)57-51-45-39-32-28-26-23-24-27-31-36-42-48-54-66(3)4)64-88-92(80,81)86-60-68(75)61-87-93(82,83)89-65-70(62-84-71(76)56-50-44-38-30-16-14-12-10-8-2)91-74(79)59-53-47-41-35-34-37-43-49-55-67(5)6/h66-70,75H,7-65H2,1-6H3,(H,80,81)(H,82,83)/t68-,69-,70-/m1/s1. The summed E-state index contributed by atoms with van der Waals surface area (Å²) in [5, 5.41) is 10.6. The number of carbonyl (C=O) groups excluding carboxylic acids is 4. The van der Waals surface area contributed by atoms with Crippen molar-refractivity contribution in [1.29, 1.82) is 0 Å². The lowest BCUT2D eigenvalue weighted by molar-refractivity contribution is -0.161. The topological polar surface area (TPSA) is 237 Å². The molecule has 0 saturated carbocycles. The van der Waals surface area contributed by atoms with E-state index >= 15 is 0 Å². The zero-order valence-corrected chi connectivity index (χ0v) is 62.3. The van der Waals surface area contributed by atoms with Gasteiger partial charge in [0.1, 0.15) is 19.3 Å². The molecule has 0 rings (SSSR count). The molecule has 0 aliphatic carbocycles. The van der Waals surface area contributed by atoms with Crippen LogP contribution in [0.1, 0.15) is 382 Å². The van der Waals surface area contributed by atoms with Crippen molar-refractivity contribution in [1.82, 2.24) is 0 Å². The highest BCUT2D eigenvalue weighted by Gasteiger charge is 2.30. The number of carbonyl (C=O) groups is 4. The first-order valence-corrected chi connectivity index (χ1v) is 41.5. The van der Waals surface area contributed by atoms with Crippen molar-refractivity contribution in [2.75, 3.05) is 39.6 Å². The van der Waals surface area contributed by atoms with Crippen molar-refractivity contribution in [3.05, 3.63) is 0 Å². The third-order valence-electron chi connectivity index (χ3n) is 17.2. The maximum absolute atomic E-state index is 13.1. The van der Waals surface area contributed by atoms with Gasteiger partial charge >= 0.3 is 39.5 Å². The Balaban J connectivity index is 5.22. The van der Waals surface area contributed by atoms with Crippen molar-refractivity contribution >= 4 is 39.5 Å². The molecule has 2 unspecified atom stereocenters. The number of hydrogen-bond donors (Lipinski definition) is 3. The summed E-state index contributed by atoms with van der Waals surface area (Å²) in [4.78, 5) is 72.7. The smallest absolute Gasteiger partial charge is 0.462 e. The normalized spacial score (nSPS) is 14.1. The van der Waals surface area contributed by atoms with E-state index in [9.17, 15) is 43.2 Å². The SMILES string of the molecule is CCCCCCCCCCCCCCCCCCCC(=O)O[C@H](COC(=O)CCCCCCCCCCCCCCCC(C)C)COP(=O)(O)OC[C@@H](O)COP(=O)(O)OC[C@@H](COC(=O)CCCCCCCCCCC)OC(=O)CCCCCCCCCCC(C)C. The molecule has 0 fully saturated rings. The number of unbranched alkanes of at least 4 members (excludes halogenated alkanes) is 43. The molecule has 0 radical (unpaired) electrons. The number of hydrogen-bond acceptors (Lipinski definition) is 15. The average molecular weight is 1370 g/mol. The lowest BCUT2D eigenvalue weighted by Crippen LogP contribution is -2.30. The first-order valence-electron chi connectivity index (χ1n) is 38.5. The third-order valence-corrected chi connectivity index (χ3v) is 19.1. The van der Waals surface area contributed by atoms with E-state index in [1.54, 1.807) is 0 Å². The van der Waals surface area contributed by atoms with E-state index in [1.165, 1.54) is 199 Å². The van der Waals surface area contributed by atoms with Gasteiger partial charge in [0.2, 0.25) is 0 Å². The van der Waals surface area contributed by atoms with Gasteiger partial charge in [0.25, 0.3) is 0 Å². The molecule has 17 nitrogen and oxygen atoms in total. The van der Waals surface area contributed by atoms with E-state index < -0.39 is 97.5 Å². The van der Waals surface area contributed by atoms with Gasteiger partial charge in [0.15, 0.2) is 12.2 Å². The summed E-state index contributed by atoms with van der Waals surface area (Å²) in [5.41, 5.74) is 0. The molecule has 0 aliphatic rings. The Morgan fingerprint density at radius 2 is 0.495 bits per heavy atom. The van der Waals surface area contributed by atoms with Gasteiger partial charge in [-0.05, 0) is 37.5 Å². The Hall–Kier alpha value is -1.94. The fourth-order valence-electron chi connectivity index (χ4n) is 11.3. The molecule has 0 aliphatic heterocycles. The predicted molar refractivity (Wildman–Crippen MR) is 377 cm³/mol. The molecule has 0 saturated heterocycles. The van der Waals surface area contributed by atoms with Crippen LogP contribution >= 0.6 is 15.6 Å². The van der Waals surface area contributed by atoms with Crippen molar-refractivity contribution in [3.8, 4) is 0 Å². The number of phosphoric ester groups is 2. The fourth-order valence-corrected chi connectivity index (χ4v) is 12.9. The van der Waals surface area contributed by atoms with E-state index in [0.717, 1.165) is 102 Å². The molecular formula is C74H144O17P2. The summed E-state index contributed by atoms with van der Waals surface area (Å²) in [5.74, 6) is -0.610. The van der Waals surface area contributed by atoms with Crippen LogP contribution in [0, 0.1) is 11.8 Å². The zero-order chi connectivity index (χ0) is 68.6. The van der Waals surface area contributed by atoms with Crippen LogP contribution in [0.25, 0.3) is 0 Å². The van der Waals surface area contributed by atoms with Crippen molar-refractivity contribution in [2.24, 2.45) is 11.8 Å². The molecule has 552 valence electrons. The van der Waals surface area contributed by atoms with Crippen molar-refractivity contribution < 1.29 is 80.2 Å². The van der Waals surface area contributed by atoms with Crippen LogP contribution < -0.4 is 0 Å². The van der Waals surface area contributed by atoms with Gasteiger partial charge in [-0.2, -0.15) is 0 Å². The van der Waals surface area contributed by atoms with Gasteiger partial charge in [-0.15, -0.1) is 0 Å². The summed E-state index contributed by atoms with van der Waals surface area (Å²) in [6, 6.07) is 0. The van der Waals surface area contributed by atoms with Gasteiger partial charge in [0, 0.05) is 25.7 Å². The number of ether oxygens (including phenoxy) is 4. The molecule has 0 spiro atoms. The van der Waals surface area contributed by atoms with Gasteiger partial charge in [-0.25, -0.2) is 9.13 Å². The molecule has 3 N–H and O–H groups in total. The van der Waals surface area contributed by atoms with Crippen LogP contribution in [0.15, 0.2) is 0 Å². The number of rotatable bonds is 73. The maximum atomic E-state index is 13.1. The largest absolute Gasteiger partial charge is 0.472 e. The maximum Gasteiger partial charge on any atom is 0.472 e. The molecular weight excluding hydrogens is 1220 g/mol. The van der Waals surface area contributed by atoms with E-state index in [-0.39, 0.29) is 25.7 Å². The van der Waals surface area contributed by atoms with Crippen molar-refractivity contribution in [2.45, 2.75) is 400 Å². The minimum Gasteiger partial charge on any atom is -0.462 e. The molecule has 0 aromatic heterocycles. The Kier molecular flexibility index (Phi) is 64.6. The Labute approximate surface area is 568 Å². The van der Waals surface area contributed by atoms with Crippen molar-refractivity contribution in [3.63, 3.8) is 0 Å². The molecule has 0 amide bonds. The Morgan fingerprint density at radius 3 is 0.731 bits per heavy atom. The van der Waals surface area contributed by atoms with Crippen LogP contribution in [0.4, 0.5) is 0 Å².